The fraction of sp³-hybridized carbons (Fsp3) is 0.267. The average Bonchev–Trinajstić information content (AvgIpc) is 2.85. The minimum absolute atomic E-state index is 0.000546. The molecule has 10 heteroatoms. The van der Waals surface area contributed by atoms with E-state index in [4.69, 9.17) is 9.52 Å². The Morgan fingerprint density at radius 2 is 2.08 bits per heavy atom. The number of aliphatic carboxylic acids is 1. The van der Waals surface area contributed by atoms with Crippen LogP contribution >= 0.6 is 0 Å². The van der Waals surface area contributed by atoms with E-state index in [9.17, 15) is 22.8 Å². The maximum atomic E-state index is 12.3. The number of anilines is 1. The largest absolute Gasteiger partial charge is 0.481 e. The van der Waals surface area contributed by atoms with Crippen molar-refractivity contribution in [2.24, 2.45) is 0 Å². The highest BCUT2D eigenvalue weighted by atomic mass is 19.4. The Morgan fingerprint density at radius 1 is 1.36 bits per heavy atom. The topological polar surface area (TPSA) is 102 Å². The number of halogens is 3. The van der Waals surface area contributed by atoms with Crippen LogP contribution in [0.2, 0.25) is 0 Å². The van der Waals surface area contributed by atoms with Gasteiger partial charge in [0, 0.05) is 11.6 Å². The Balaban J connectivity index is 2.06. The summed E-state index contributed by atoms with van der Waals surface area (Å²) < 4.78 is 45.7. The van der Waals surface area contributed by atoms with Gasteiger partial charge in [-0.1, -0.05) is 0 Å². The Labute approximate surface area is 139 Å². The monoisotopic (exact) mass is 358 g/mol. The van der Waals surface area contributed by atoms with Gasteiger partial charge in [0.1, 0.15) is 12.2 Å². The fourth-order valence-corrected chi connectivity index (χ4v) is 1.96. The van der Waals surface area contributed by atoms with Gasteiger partial charge in [0.25, 0.3) is 5.91 Å². The number of ether oxygens (including phenoxy) is 1. The summed E-state index contributed by atoms with van der Waals surface area (Å²) in [6.07, 6.45) is -2.55. The first-order valence-electron chi connectivity index (χ1n) is 6.91. The molecule has 0 aliphatic heterocycles. The normalized spacial score (nSPS) is 11.2. The zero-order chi connectivity index (χ0) is 18.6. The lowest BCUT2D eigenvalue weighted by atomic mass is 10.1. The van der Waals surface area contributed by atoms with Crippen LogP contribution in [0.15, 0.2) is 29.0 Å². The van der Waals surface area contributed by atoms with Crippen molar-refractivity contribution in [1.82, 2.24) is 4.98 Å². The number of hydrogen-bond acceptors (Lipinski definition) is 5. The molecule has 0 saturated carbocycles. The number of carboxylic acid groups (broad SMARTS) is 1. The number of alkyl halides is 3. The molecule has 0 fully saturated rings. The molecule has 0 aliphatic carbocycles. The van der Waals surface area contributed by atoms with Crippen molar-refractivity contribution in [3.8, 4) is 5.88 Å². The van der Waals surface area contributed by atoms with E-state index in [2.05, 4.69) is 15.0 Å². The predicted molar refractivity (Wildman–Crippen MR) is 78.5 cm³/mol. The molecular weight excluding hydrogens is 345 g/mol. The van der Waals surface area contributed by atoms with Gasteiger partial charge in [0.2, 0.25) is 5.88 Å². The number of pyridine rings is 1. The smallest absolute Gasteiger partial charge is 0.422 e. The van der Waals surface area contributed by atoms with Crippen LogP contribution in [0.5, 0.6) is 5.88 Å². The van der Waals surface area contributed by atoms with Crippen molar-refractivity contribution in [3.05, 3.63) is 41.5 Å². The van der Waals surface area contributed by atoms with Crippen LogP contribution in [0.4, 0.5) is 18.9 Å². The molecule has 25 heavy (non-hydrogen) atoms. The molecule has 0 radical (unpaired) electrons. The zero-order valence-electron chi connectivity index (χ0n) is 12.9. The molecule has 0 bridgehead atoms. The second kappa shape index (κ2) is 7.24. The van der Waals surface area contributed by atoms with Crippen LogP contribution in [-0.4, -0.2) is 34.8 Å². The highest BCUT2D eigenvalue weighted by Gasteiger charge is 2.28. The molecule has 7 nitrogen and oxygen atoms in total. The minimum Gasteiger partial charge on any atom is -0.481 e. The molecule has 2 aromatic heterocycles. The molecule has 0 aliphatic rings. The number of rotatable bonds is 6. The van der Waals surface area contributed by atoms with E-state index in [1.807, 2.05) is 0 Å². The highest BCUT2D eigenvalue weighted by molar-refractivity contribution is 6.06. The third-order valence-electron chi connectivity index (χ3n) is 2.97. The molecule has 2 N–H and O–H groups in total. The van der Waals surface area contributed by atoms with Gasteiger partial charge in [0.15, 0.2) is 6.61 Å². The number of aromatic nitrogens is 1. The molecule has 0 spiro atoms. The number of carboxylic acids is 1. The first-order chi connectivity index (χ1) is 11.7. The third kappa shape index (κ3) is 5.23. The van der Waals surface area contributed by atoms with Crippen molar-refractivity contribution >= 4 is 17.6 Å². The van der Waals surface area contributed by atoms with Crippen molar-refractivity contribution in [1.29, 1.82) is 0 Å². The summed E-state index contributed by atoms with van der Waals surface area (Å²) in [5.41, 5.74) is 0.734. The zero-order valence-corrected chi connectivity index (χ0v) is 12.9. The second-order valence-corrected chi connectivity index (χ2v) is 5.03. The number of aryl methyl sites for hydroxylation is 1. The lowest BCUT2D eigenvalue weighted by Gasteiger charge is -2.09. The molecule has 2 aromatic rings. The van der Waals surface area contributed by atoms with Crippen LogP contribution in [-0.2, 0) is 11.2 Å². The van der Waals surface area contributed by atoms with E-state index in [0.717, 1.165) is 6.20 Å². The molecule has 2 heterocycles. The molecule has 0 unspecified atom stereocenters. The van der Waals surface area contributed by atoms with Crippen molar-refractivity contribution < 1.29 is 37.0 Å². The van der Waals surface area contributed by atoms with Crippen LogP contribution < -0.4 is 10.1 Å². The van der Waals surface area contributed by atoms with Crippen LogP contribution in [0.1, 0.15) is 21.7 Å². The first-order valence-corrected chi connectivity index (χ1v) is 6.91. The number of hydrogen-bond donors (Lipinski definition) is 2. The molecule has 0 saturated heterocycles. The van der Waals surface area contributed by atoms with Gasteiger partial charge >= 0.3 is 12.1 Å². The lowest BCUT2D eigenvalue weighted by molar-refractivity contribution is -0.154. The summed E-state index contributed by atoms with van der Waals surface area (Å²) in [5.74, 6) is -2.02. The SMILES string of the molecule is Cc1coc(CC(=O)O)c1C(=O)Nc1ccc(OCC(F)(F)F)nc1. The lowest BCUT2D eigenvalue weighted by Crippen LogP contribution is -2.19. The Morgan fingerprint density at radius 3 is 2.64 bits per heavy atom. The van der Waals surface area contributed by atoms with Crippen LogP contribution in [0, 0.1) is 6.92 Å². The number of furan rings is 1. The van der Waals surface area contributed by atoms with Gasteiger partial charge in [-0.05, 0) is 13.0 Å². The van der Waals surface area contributed by atoms with E-state index < -0.39 is 31.1 Å². The molecule has 134 valence electrons. The molecule has 2 rings (SSSR count). The number of nitrogens with zero attached hydrogens (tertiary/aromatic N) is 1. The fourth-order valence-electron chi connectivity index (χ4n) is 1.96. The second-order valence-electron chi connectivity index (χ2n) is 5.03. The molecule has 1 amide bonds. The summed E-state index contributed by atoms with van der Waals surface area (Å²) in [7, 11) is 0. The van der Waals surface area contributed by atoms with Gasteiger partial charge in [-0.3, -0.25) is 9.59 Å². The van der Waals surface area contributed by atoms with Gasteiger partial charge in [0.05, 0.1) is 23.7 Å². The quantitative estimate of drug-likeness (QED) is 0.823. The highest BCUT2D eigenvalue weighted by Crippen LogP contribution is 2.21. The Bertz CT molecular complexity index is 768. The summed E-state index contributed by atoms with van der Waals surface area (Å²) in [6, 6.07) is 2.48. The Kier molecular flexibility index (Phi) is 5.30. The van der Waals surface area contributed by atoms with E-state index in [1.54, 1.807) is 6.92 Å². The van der Waals surface area contributed by atoms with E-state index >= 15 is 0 Å². The summed E-state index contributed by atoms with van der Waals surface area (Å²) in [4.78, 5) is 26.7. The van der Waals surface area contributed by atoms with Gasteiger partial charge in [-0.15, -0.1) is 0 Å². The minimum atomic E-state index is -4.48. The van der Waals surface area contributed by atoms with Crippen molar-refractivity contribution in [2.75, 3.05) is 11.9 Å². The summed E-state index contributed by atoms with van der Waals surface area (Å²) >= 11 is 0. The van der Waals surface area contributed by atoms with E-state index in [1.165, 1.54) is 18.4 Å². The standard InChI is InChI=1S/C15H13F3N2O5/c1-8-6-24-10(4-12(21)22)13(8)14(23)20-9-2-3-11(19-5-9)25-7-15(16,17)18/h2-3,5-6H,4,7H2,1H3,(H,20,23)(H,21,22). The van der Waals surface area contributed by atoms with Gasteiger partial charge in [-0.2, -0.15) is 13.2 Å². The predicted octanol–water partition coefficient (Wildman–Crippen LogP) is 2.80. The third-order valence-corrected chi connectivity index (χ3v) is 2.97. The van der Waals surface area contributed by atoms with Gasteiger partial charge < -0.3 is 19.6 Å². The van der Waals surface area contributed by atoms with Crippen molar-refractivity contribution in [2.45, 2.75) is 19.5 Å². The Hall–Kier alpha value is -3.04. The first kappa shape index (κ1) is 18.3. The number of carbonyl (C=O) groups excluding carboxylic acids is 1. The van der Waals surface area contributed by atoms with E-state index in [-0.39, 0.29) is 22.9 Å². The van der Waals surface area contributed by atoms with Crippen LogP contribution in [0.25, 0.3) is 0 Å². The van der Waals surface area contributed by atoms with Crippen molar-refractivity contribution in [3.63, 3.8) is 0 Å². The number of amides is 1. The summed E-state index contributed by atoms with van der Waals surface area (Å²) in [5, 5.41) is 11.3. The molecule has 0 atom stereocenters. The van der Waals surface area contributed by atoms with E-state index in [0.29, 0.717) is 5.56 Å². The number of carbonyl (C=O) groups is 2. The van der Waals surface area contributed by atoms with Crippen LogP contribution in [0.3, 0.4) is 0 Å². The maximum Gasteiger partial charge on any atom is 0.422 e. The number of nitrogens with one attached hydrogen (secondary N) is 1. The van der Waals surface area contributed by atoms with Gasteiger partial charge in [-0.25, -0.2) is 4.98 Å². The molecular formula is C15H13F3N2O5. The average molecular weight is 358 g/mol. The maximum absolute atomic E-state index is 12.3. The summed E-state index contributed by atoms with van der Waals surface area (Å²) in [6.45, 7) is 0.106. The molecule has 0 aromatic carbocycles.